The first-order valence-corrected chi connectivity index (χ1v) is 10.9. The molecule has 6 nitrogen and oxygen atoms in total. The van der Waals surface area contributed by atoms with Crippen LogP contribution in [0.1, 0.15) is 49.2 Å². The quantitative estimate of drug-likeness (QED) is 0.406. The van der Waals surface area contributed by atoms with E-state index in [9.17, 15) is 0 Å². The van der Waals surface area contributed by atoms with Crippen LogP contribution in [0.4, 0.5) is 0 Å². The Morgan fingerprint density at radius 3 is 2.79 bits per heavy atom. The number of nitrogens with one attached hydrogen (secondary N) is 2. The third-order valence-electron chi connectivity index (χ3n) is 5.34. The summed E-state index contributed by atoms with van der Waals surface area (Å²) >= 11 is 0. The second-order valence-electron chi connectivity index (χ2n) is 7.75. The van der Waals surface area contributed by atoms with Crippen LogP contribution < -0.4 is 10.6 Å². The Morgan fingerprint density at radius 1 is 1.24 bits per heavy atom. The largest absolute Gasteiger partial charge is 0.373 e. The molecule has 158 valence electrons. The summed E-state index contributed by atoms with van der Waals surface area (Å²) in [7, 11) is 0. The Kier molecular flexibility index (Phi) is 8.11. The lowest BCUT2D eigenvalue weighted by atomic mass is 9.89. The molecule has 0 bridgehead atoms. The molecule has 2 aromatic rings. The van der Waals surface area contributed by atoms with Gasteiger partial charge >= 0.3 is 0 Å². The van der Waals surface area contributed by atoms with Crippen LogP contribution in [0.5, 0.6) is 0 Å². The van der Waals surface area contributed by atoms with Gasteiger partial charge in [0, 0.05) is 44.4 Å². The molecule has 1 aromatic carbocycles. The van der Waals surface area contributed by atoms with E-state index in [0.717, 1.165) is 63.7 Å². The number of aliphatic imine (C=N–C) groups is 1. The van der Waals surface area contributed by atoms with E-state index < -0.39 is 0 Å². The molecule has 2 unspecified atom stereocenters. The zero-order chi connectivity index (χ0) is 20.5. The Morgan fingerprint density at radius 2 is 2.07 bits per heavy atom. The van der Waals surface area contributed by atoms with Crippen molar-refractivity contribution in [2.24, 2.45) is 10.9 Å². The molecule has 1 aromatic heterocycles. The van der Waals surface area contributed by atoms with Crippen molar-refractivity contribution in [1.82, 2.24) is 20.4 Å². The highest BCUT2D eigenvalue weighted by molar-refractivity contribution is 5.79. The summed E-state index contributed by atoms with van der Waals surface area (Å²) in [6.45, 7) is 10.5. The maximum absolute atomic E-state index is 6.11. The van der Waals surface area contributed by atoms with Gasteiger partial charge in [-0.1, -0.05) is 30.3 Å². The van der Waals surface area contributed by atoms with Crippen molar-refractivity contribution in [3.8, 4) is 0 Å². The van der Waals surface area contributed by atoms with Crippen molar-refractivity contribution in [2.45, 2.75) is 52.7 Å². The monoisotopic (exact) mass is 397 g/mol. The Hall–Kier alpha value is -2.34. The van der Waals surface area contributed by atoms with Gasteiger partial charge in [-0.05, 0) is 51.7 Å². The number of ether oxygens (including phenoxy) is 1. The minimum absolute atomic E-state index is 0.141. The first kappa shape index (κ1) is 21.4. The van der Waals surface area contributed by atoms with Crippen LogP contribution in [-0.2, 0) is 11.3 Å². The van der Waals surface area contributed by atoms with Crippen LogP contribution in [0.3, 0.4) is 0 Å². The number of rotatable bonds is 8. The van der Waals surface area contributed by atoms with Gasteiger partial charge in [0.25, 0.3) is 0 Å². The Labute approximate surface area is 174 Å². The lowest BCUT2D eigenvalue weighted by Crippen LogP contribution is -2.39. The molecule has 1 aliphatic heterocycles. The molecule has 3 rings (SSSR count). The van der Waals surface area contributed by atoms with E-state index in [4.69, 9.17) is 9.73 Å². The van der Waals surface area contributed by atoms with E-state index in [1.807, 2.05) is 6.92 Å². The number of aromatic nitrogens is 2. The van der Waals surface area contributed by atoms with Gasteiger partial charge in [-0.3, -0.25) is 9.67 Å². The number of nitrogens with zero attached hydrogens (tertiary/aromatic N) is 3. The molecule has 2 atom stereocenters. The summed E-state index contributed by atoms with van der Waals surface area (Å²) in [4.78, 5) is 4.87. The zero-order valence-corrected chi connectivity index (χ0v) is 18.0. The molecule has 0 amide bonds. The molecule has 29 heavy (non-hydrogen) atoms. The fourth-order valence-electron chi connectivity index (χ4n) is 3.93. The maximum atomic E-state index is 6.11. The van der Waals surface area contributed by atoms with E-state index in [0.29, 0.717) is 5.92 Å². The third kappa shape index (κ3) is 6.32. The van der Waals surface area contributed by atoms with Crippen molar-refractivity contribution in [3.05, 3.63) is 53.3 Å². The van der Waals surface area contributed by atoms with Crippen LogP contribution in [0.25, 0.3) is 0 Å². The second-order valence-corrected chi connectivity index (χ2v) is 7.75. The molecule has 1 fully saturated rings. The van der Waals surface area contributed by atoms with Gasteiger partial charge in [-0.15, -0.1) is 0 Å². The summed E-state index contributed by atoms with van der Waals surface area (Å²) in [5.41, 5.74) is 3.55. The summed E-state index contributed by atoms with van der Waals surface area (Å²) < 4.78 is 8.18. The van der Waals surface area contributed by atoms with Crippen LogP contribution in [0.15, 0.2) is 41.4 Å². The van der Waals surface area contributed by atoms with E-state index in [-0.39, 0.29) is 6.10 Å². The van der Waals surface area contributed by atoms with E-state index in [1.54, 1.807) is 0 Å². The molecule has 0 saturated carbocycles. The van der Waals surface area contributed by atoms with Gasteiger partial charge in [-0.25, -0.2) is 0 Å². The van der Waals surface area contributed by atoms with Gasteiger partial charge < -0.3 is 15.4 Å². The minimum atomic E-state index is 0.141. The van der Waals surface area contributed by atoms with Crippen molar-refractivity contribution in [3.63, 3.8) is 0 Å². The highest BCUT2D eigenvalue weighted by Crippen LogP contribution is 2.33. The highest BCUT2D eigenvalue weighted by atomic mass is 16.5. The number of benzene rings is 1. The van der Waals surface area contributed by atoms with Crippen LogP contribution in [0.2, 0.25) is 0 Å². The number of hydrogen-bond acceptors (Lipinski definition) is 3. The van der Waals surface area contributed by atoms with Crippen molar-refractivity contribution in [2.75, 3.05) is 26.2 Å². The predicted octanol–water partition coefficient (Wildman–Crippen LogP) is 3.61. The third-order valence-corrected chi connectivity index (χ3v) is 5.34. The molecule has 2 heterocycles. The van der Waals surface area contributed by atoms with Gasteiger partial charge in [-0.2, -0.15) is 5.10 Å². The molecule has 1 saturated heterocycles. The van der Waals surface area contributed by atoms with Gasteiger partial charge in [0.2, 0.25) is 0 Å². The van der Waals surface area contributed by atoms with E-state index in [1.165, 1.54) is 11.3 Å². The lowest BCUT2D eigenvalue weighted by molar-refractivity contribution is -0.0250. The molecule has 2 N–H and O–H groups in total. The average Bonchev–Trinajstić information content (AvgIpc) is 3.07. The normalized spacial score (nSPS) is 19.9. The first-order valence-electron chi connectivity index (χ1n) is 10.9. The molecular weight excluding hydrogens is 362 g/mol. The number of aryl methyl sites for hydroxylation is 3. The lowest BCUT2D eigenvalue weighted by Gasteiger charge is -2.31. The Balaban J connectivity index is 1.52. The second kappa shape index (κ2) is 11.0. The molecule has 0 spiro atoms. The van der Waals surface area contributed by atoms with Gasteiger partial charge in [0.1, 0.15) is 0 Å². The maximum Gasteiger partial charge on any atom is 0.191 e. The van der Waals surface area contributed by atoms with Crippen LogP contribution in [0, 0.1) is 19.8 Å². The van der Waals surface area contributed by atoms with Crippen LogP contribution in [-0.4, -0.2) is 42.0 Å². The van der Waals surface area contributed by atoms with E-state index >= 15 is 0 Å². The van der Waals surface area contributed by atoms with Gasteiger partial charge in [0.15, 0.2) is 5.96 Å². The van der Waals surface area contributed by atoms with Crippen molar-refractivity contribution in [1.29, 1.82) is 0 Å². The zero-order valence-electron chi connectivity index (χ0n) is 18.0. The fourth-order valence-corrected chi connectivity index (χ4v) is 3.93. The number of hydrogen-bond donors (Lipinski definition) is 2. The average molecular weight is 398 g/mol. The standard InChI is InChI=1S/C23H35N5O/c1-4-24-23(25-13-9-14-28-19(3)16-18(2)27-28)26-17-21-12-8-15-29-22(21)20-10-6-5-7-11-20/h5-7,10-11,16,21-22H,4,8-9,12-15,17H2,1-3H3,(H2,24,25,26). The smallest absolute Gasteiger partial charge is 0.191 e. The minimum Gasteiger partial charge on any atom is -0.373 e. The molecule has 6 heteroatoms. The fraction of sp³-hybridized carbons (Fsp3) is 0.565. The predicted molar refractivity (Wildman–Crippen MR) is 118 cm³/mol. The first-order chi connectivity index (χ1) is 14.2. The molecule has 0 radical (unpaired) electrons. The summed E-state index contributed by atoms with van der Waals surface area (Å²) in [5, 5.41) is 11.4. The molecule has 1 aliphatic rings. The summed E-state index contributed by atoms with van der Waals surface area (Å²) in [6.07, 6.45) is 3.41. The summed E-state index contributed by atoms with van der Waals surface area (Å²) in [6, 6.07) is 12.7. The Bertz CT molecular complexity index is 771. The SMILES string of the molecule is CCNC(=NCC1CCCOC1c1ccccc1)NCCCn1nc(C)cc1C. The molecule has 0 aliphatic carbocycles. The van der Waals surface area contributed by atoms with Gasteiger partial charge in [0.05, 0.1) is 11.8 Å². The van der Waals surface area contributed by atoms with E-state index in [2.05, 4.69) is 70.7 Å². The van der Waals surface area contributed by atoms with Crippen molar-refractivity contribution >= 4 is 5.96 Å². The number of guanidine groups is 1. The topological polar surface area (TPSA) is 63.5 Å². The van der Waals surface area contributed by atoms with Crippen LogP contribution >= 0.6 is 0 Å². The summed E-state index contributed by atoms with van der Waals surface area (Å²) in [5.74, 6) is 1.30. The highest BCUT2D eigenvalue weighted by Gasteiger charge is 2.27. The van der Waals surface area contributed by atoms with Crippen molar-refractivity contribution < 1.29 is 4.74 Å². The molecular formula is C23H35N5O.